The molecule has 0 unspecified atom stereocenters. The zero-order valence-electron chi connectivity index (χ0n) is 9.52. The van der Waals surface area contributed by atoms with Gasteiger partial charge >= 0.3 is 5.97 Å². The highest BCUT2D eigenvalue weighted by molar-refractivity contribution is 8.18. The molecule has 0 saturated carbocycles. The number of esters is 1. The molecule has 5 nitrogen and oxygen atoms in total. The van der Waals surface area contributed by atoms with E-state index in [0.29, 0.717) is 23.2 Å². The standard InChI is InChI=1S/C10H14N2O3S/c1-4-11-10-12(5-2)9(14)7(16-10)6-8(13)15-3/h6H,4-5H2,1-3H3. The zero-order valence-corrected chi connectivity index (χ0v) is 10.3. The van der Waals surface area contributed by atoms with Crippen LogP contribution in [0.3, 0.4) is 0 Å². The average Bonchev–Trinajstić information content (AvgIpc) is 2.56. The van der Waals surface area contributed by atoms with Crippen molar-refractivity contribution in [2.45, 2.75) is 13.8 Å². The fourth-order valence-corrected chi connectivity index (χ4v) is 2.27. The van der Waals surface area contributed by atoms with E-state index in [1.54, 1.807) is 4.90 Å². The second-order valence-electron chi connectivity index (χ2n) is 2.94. The van der Waals surface area contributed by atoms with Gasteiger partial charge in [0.1, 0.15) is 0 Å². The van der Waals surface area contributed by atoms with Crippen molar-refractivity contribution in [2.24, 2.45) is 4.99 Å². The van der Waals surface area contributed by atoms with Crippen molar-refractivity contribution >= 4 is 28.8 Å². The number of nitrogens with zero attached hydrogens (tertiary/aromatic N) is 2. The van der Waals surface area contributed by atoms with E-state index in [0.717, 1.165) is 0 Å². The molecule has 0 aliphatic carbocycles. The highest BCUT2D eigenvalue weighted by atomic mass is 32.2. The van der Waals surface area contributed by atoms with Crippen molar-refractivity contribution in [3.8, 4) is 0 Å². The number of thioether (sulfide) groups is 1. The van der Waals surface area contributed by atoms with Crippen LogP contribution in [-0.2, 0) is 14.3 Å². The van der Waals surface area contributed by atoms with Crippen molar-refractivity contribution in [1.29, 1.82) is 0 Å². The van der Waals surface area contributed by atoms with Crippen molar-refractivity contribution in [3.05, 3.63) is 11.0 Å². The minimum atomic E-state index is -0.523. The van der Waals surface area contributed by atoms with Crippen LogP contribution >= 0.6 is 11.8 Å². The highest BCUT2D eigenvalue weighted by Crippen LogP contribution is 2.30. The van der Waals surface area contributed by atoms with E-state index >= 15 is 0 Å². The second-order valence-corrected chi connectivity index (χ2v) is 3.95. The summed E-state index contributed by atoms with van der Waals surface area (Å²) in [6.45, 7) is 4.92. The molecule has 0 aromatic rings. The van der Waals surface area contributed by atoms with Gasteiger partial charge in [-0.3, -0.25) is 14.7 Å². The number of aliphatic imine (C=N–C) groups is 1. The molecule has 1 fully saturated rings. The quantitative estimate of drug-likeness (QED) is 0.547. The Morgan fingerprint density at radius 2 is 2.25 bits per heavy atom. The average molecular weight is 242 g/mol. The van der Waals surface area contributed by atoms with Gasteiger partial charge in [0.2, 0.25) is 0 Å². The Bertz CT molecular complexity index is 363. The maximum Gasteiger partial charge on any atom is 0.331 e. The molecule has 0 atom stereocenters. The van der Waals surface area contributed by atoms with Gasteiger partial charge in [0.25, 0.3) is 5.91 Å². The predicted molar refractivity (Wildman–Crippen MR) is 63.1 cm³/mol. The van der Waals surface area contributed by atoms with Gasteiger partial charge in [-0.15, -0.1) is 0 Å². The van der Waals surface area contributed by atoms with Gasteiger partial charge in [-0.2, -0.15) is 0 Å². The number of amides is 1. The fraction of sp³-hybridized carbons (Fsp3) is 0.500. The van der Waals surface area contributed by atoms with Crippen molar-refractivity contribution in [1.82, 2.24) is 4.90 Å². The van der Waals surface area contributed by atoms with Crippen molar-refractivity contribution in [2.75, 3.05) is 20.2 Å². The van der Waals surface area contributed by atoms with Crippen LogP contribution in [0.4, 0.5) is 0 Å². The van der Waals surface area contributed by atoms with Crippen LogP contribution in [0, 0.1) is 0 Å². The summed E-state index contributed by atoms with van der Waals surface area (Å²) in [4.78, 5) is 29.0. The zero-order chi connectivity index (χ0) is 12.1. The first kappa shape index (κ1) is 12.8. The van der Waals surface area contributed by atoms with E-state index in [1.807, 2.05) is 13.8 Å². The van der Waals surface area contributed by atoms with Gasteiger partial charge in [0.15, 0.2) is 5.17 Å². The van der Waals surface area contributed by atoms with Crippen LogP contribution < -0.4 is 0 Å². The largest absolute Gasteiger partial charge is 0.466 e. The molecular formula is C10H14N2O3S. The number of rotatable bonds is 3. The number of hydrogen-bond acceptors (Lipinski definition) is 5. The molecule has 16 heavy (non-hydrogen) atoms. The topological polar surface area (TPSA) is 59.0 Å². The summed E-state index contributed by atoms with van der Waals surface area (Å²) in [5, 5.41) is 0.644. The van der Waals surface area contributed by atoms with Crippen LogP contribution in [0.15, 0.2) is 16.0 Å². The number of likely N-dealkylation sites (N-methyl/N-ethyl adjacent to an activating group) is 1. The van der Waals surface area contributed by atoms with Gasteiger partial charge in [0.05, 0.1) is 12.0 Å². The lowest BCUT2D eigenvalue weighted by Gasteiger charge is -2.11. The van der Waals surface area contributed by atoms with E-state index < -0.39 is 5.97 Å². The number of methoxy groups -OCH3 is 1. The Morgan fingerprint density at radius 3 is 2.75 bits per heavy atom. The Kier molecular flexibility index (Phi) is 4.54. The number of amidine groups is 1. The molecule has 0 bridgehead atoms. The van der Waals surface area contributed by atoms with Crippen LogP contribution in [0.2, 0.25) is 0 Å². The lowest BCUT2D eigenvalue weighted by molar-refractivity contribution is -0.135. The van der Waals surface area contributed by atoms with Gasteiger partial charge in [0, 0.05) is 19.2 Å². The summed E-state index contributed by atoms with van der Waals surface area (Å²) in [5.41, 5.74) is 0. The molecule has 1 aliphatic rings. The van der Waals surface area contributed by atoms with E-state index in [4.69, 9.17) is 0 Å². The summed E-state index contributed by atoms with van der Waals surface area (Å²) in [5.74, 6) is -0.713. The molecular weight excluding hydrogens is 228 g/mol. The Morgan fingerprint density at radius 1 is 1.56 bits per heavy atom. The van der Waals surface area contributed by atoms with Gasteiger partial charge < -0.3 is 4.74 Å². The minimum Gasteiger partial charge on any atom is -0.466 e. The number of hydrogen-bond donors (Lipinski definition) is 0. The van der Waals surface area contributed by atoms with E-state index in [-0.39, 0.29) is 5.91 Å². The molecule has 1 heterocycles. The fourth-order valence-electron chi connectivity index (χ4n) is 1.21. The molecule has 0 spiro atoms. The van der Waals surface area contributed by atoms with E-state index in [1.165, 1.54) is 24.9 Å². The van der Waals surface area contributed by atoms with Crippen LogP contribution in [0.5, 0.6) is 0 Å². The molecule has 1 amide bonds. The van der Waals surface area contributed by atoms with Crippen LogP contribution in [0.1, 0.15) is 13.8 Å². The van der Waals surface area contributed by atoms with Crippen molar-refractivity contribution in [3.63, 3.8) is 0 Å². The molecule has 0 radical (unpaired) electrons. The van der Waals surface area contributed by atoms with E-state index in [9.17, 15) is 9.59 Å². The summed E-state index contributed by atoms with van der Waals surface area (Å²) >= 11 is 1.21. The first-order chi connectivity index (χ1) is 7.63. The lowest BCUT2D eigenvalue weighted by Crippen LogP contribution is -2.28. The normalized spacial score (nSPS) is 20.9. The summed E-state index contributed by atoms with van der Waals surface area (Å²) in [7, 11) is 1.28. The second kappa shape index (κ2) is 5.69. The van der Waals surface area contributed by atoms with Crippen LogP contribution in [0.25, 0.3) is 0 Å². The Labute approximate surface area is 98.5 Å². The molecule has 6 heteroatoms. The van der Waals surface area contributed by atoms with Gasteiger partial charge in [-0.05, 0) is 25.6 Å². The highest BCUT2D eigenvalue weighted by Gasteiger charge is 2.32. The van der Waals surface area contributed by atoms with Gasteiger partial charge in [-0.1, -0.05) is 0 Å². The maximum atomic E-state index is 11.8. The minimum absolute atomic E-state index is 0.190. The molecule has 88 valence electrons. The SMILES string of the molecule is CCN=C1SC(=CC(=O)OC)C(=O)N1CC. The van der Waals surface area contributed by atoms with E-state index in [2.05, 4.69) is 9.73 Å². The Balaban J connectivity index is 2.94. The molecule has 1 aliphatic heterocycles. The third kappa shape index (κ3) is 2.63. The summed E-state index contributed by atoms with van der Waals surface area (Å²) < 4.78 is 4.49. The van der Waals surface area contributed by atoms with Gasteiger partial charge in [-0.25, -0.2) is 4.79 Å². The third-order valence-corrected chi connectivity index (χ3v) is 2.99. The first-order valence-electron chi connectivity index (χ1n) is 4.97. The smallest absolute Gasteiger partial charge is 0.331 e. The first-order valence-corrected chi connectivity index (χ1v) is 5.79. The third-order valence-electron chi connectivity index (χ3n) is 1.95. The summed E-state index contributed by atoms with van der Waals surface area (Å²) in [6.07, 6.45) is 1.20. The number of ether oxygens (including phenoxy) is 1. The molecule has 0 N–H and O–H groups in total. The maximum absolute atomic E-state index is 11.8. The molecule has 0 aromatic carbocycles. The summed E-state index contributed by atoms with van der Waals surface area (Å²) in [6, 6.07) is 0. The molecule has 1 saturated heterocycles. The monoisotopic (exact) mass is 242 g/mol. The number of carbonyl (C=O) groups excluding carboxylic acids is 2. The molecule has 1 rings (SSSR count). The molecule has 0 aromatic heterocycles. The lowest BCUT2D eigenvalue weighted by atomic mass is 10.4. The van der Waals surface area contributed by atoms with Crippen molar-refractivity contribution < 1.29 is 14.3 Å². The predicted octanol–water partition coefficient (Wildman–Crippen LogP) is 1.01. The Hall–Kier alpha value is -1.30. The number of carbonyl (C=O) groups is 2. The van der Waals surface area contributed by atoms with Crippen LogP contribution in [-0.4, -0.2) is 42.1 Å².